The monoisotopic (exact) mass is 381 g/mol. The van der Waals surface area contributed by atoms with E-state index in [1.165, 1.54) is 5.56 Å². The lowest BCUT2D eigenvalue weighted by Gasteiger charge is -2.19. The van der Waals surface area contributed by atoms with Crippen molar-refractivity contribution < 1.29 is 13.2 Å². The van der Waals surface area contributed by atoms with Crippen LogP contribution in [0.15, 0.2) is 48.5 Å². The van der Waals surface area contributed by atoms with Gasteiger partial charge in [0.15, 0.2) is 0 Å². The van der Waals surface area contributed by atoms with Crippen LogP contribution >= 0.6 is 11.6 Å². The van der Waals surface area contributed by atoms with Crippen LogP contribution in [-0.2, 0) is 21.2 Å². The van der Waals surface area contributed by atoms with E-state index in [0.29, 0.717) is 10.6 Å². The van der Waals surface area contributed by atoms with E-state index in [2.05, 4.69) is 25.5 Å². The first kappa shape index (κ1) is 19.8. The predicted octanol–water partition coefficient (Wildman–Crippen LogP) is 4.14. The molecule has 0 atom stereocenters. The van der Waals surface area contributed by atoms with E-state index >= 15 is 0 Å². The molecule has 136 valence electrons. The SMILES string of the molecule is CC(C)(C)c1ccc(OCCNS(=O)(=O)Cc2ccc(Cl)cc2)cc1. The molecular weight excluding hydrogens is 358 g/mol. The molecular formula is C19H24ClNO3S. The zero-order valence-corrected chi connectivity index (χ0v) is 16.3. The molecule has 2 aromatic carbocycles. The van der Waals surface area contributed by atoms with Gasteiger partial charge in [-0.3, -0.25) is 0 Å². The number of rotatable bonds is 7. The summed E-state index contributed by atoms with van der Waals surface area (Å²) in [6.07, 6.45) is 0. The van der Waals surface area contributed by atoms with Gasteiger partial charge in [0.25, 0.3) is 0 Å². The van der Waals surface area contributed by atoms with E-state index in [0.717, 1.165) is 5.75 Å². The number of ether oxygens (including phenoxy) is 1. The highest BCUT2D eigenvalue weighted by Crippen LogP contribution is 2.24. The lowest BCUT2D eigenvalue weighted by atomic mass is 9.87. The molecule has 0 spiro atoms. The average molecular weight is 382 g/mol. The fourth-order valence-electron chi connectivity index (χ4n) is 2.27. The van der Waals surface area contributed by atoms with Crippen molar-refractivity contribution in [1.82, 2.24) is 4.72 Å². The van der Waals surface area contributed by atoms with Gasteiger partial charge in [-0.25, -0.2) is 13.1 Å². The van der Waals surface area contributed by atoms with E-state index in [1.807, 2.05) is 24.3 Å². The van der Waals surface area contributed by atoms with Crippen LogP contribution in [-0.4, -0.2) is 21.6 Å². The first-order chi connectivity index (χ1) is 11.7. The van der Waals surface area contributed by atoms with Crippen molar-refractivity contribution in [3.05, 3.63) is 64.7 Å². The van der Waals surface area contributed by atoms with Crippen LogP contribution in [0.1, 0.15) is 31.9 Å². The van der Waals surface area contributed by atoms with Gasteiger partial charge < -0.3 is 4.74 Å². The number of hydrogen-bond donors (Lipinski definition) is 1. The second-order valence-electron chi connectivity index (χ2n) is 6.90. The molecule has 0 aliphatic heterocycles. The Hall–Kier alpha value is -1.56. The summed E-state index contributed by atoms with van der Waals surface area (Å²) < 4.78 is 32.2. The van der Waals surface area contributed by atoms with Crippen LogP contribution in [0.25, 0.3) is 0 Å². The normalized spacial score (nSPS) is 12.2. The fraction of sp³-hybridized carbons (Fsp3) is 0.368. The van der Waals surface area contributed by atoms with Gasteiger partial charge >= 0.3 is 0 Å². The summed E-state index contributed by atoms with van der Waals surface area (Å²) in [7, 11) is -3.40. The third kappa shape index (κ3) is 6.69. The molecule has 2 rings (SSSR count). The standard InChI is InChI=1S/C19H24ClNO3S/c1-19(2,3)16-6-10-18(11-7-16)24-13-12-21-25(22,23)14-15-4-8-17(20)9-5-15/h4-11,21H,12-14H2,1-3H3. The smallest absolute Gasteiger partial charge is 0.215 e. The number of halogens is 1. The van der Waals surface area contributed by atoms with Crippen LogP contribution in [0, 0.1) is 0 Å². The molecule has 0 bridgehead atoms. The molecule has 0 saturated carbocycles. The van der Waals surface area contributed by atoms with Crippen LogP contribution < -0.4 is 9.46 Å². The van der Waals surface area contributed by atoms with Crippen molar-refractivity contribution in [1.29, 1.82) is 0 Å². The zero-order valence-electron chi connectivity index (χ0n) is 14.8. The molecule has 0 fully saturated rings. The second kappa shape index (κ2) is 8.21. The highest BCUT2D eigenvalue weighted by molar-refractivity contribution is 7.88. The van der Waals surface area contributed by atoms with Crippen LogP contribution in [0.3, 0.4) is 0 Å². The van der Waals surface area contributed by atoms with E-state index in [1.54, 1.807) is 24.3 Å². The van der Waals surface area contributed by atoms with Gasteiger partial charge in [0.2, 0.25) is 10.0 Å². The number of nitrogens with one attached hydrogen (secondary N) is 1. The molecule has 0 unspecified atom stereocenters. The molecule has 1 N–H and O–H groups in total. The quantitative estimate of drug-likeness (QED) is 0.733. The molecule has 6 heteroatoms. The maximum atomic E-state index is 12.1. The summed E-state index contributed by atoms with van der Waals surface area (Å²) >= 11 is 5.80. The zero-order chi connectivity index (χ0) is 18.5. The number of benzene rings is 2. The Kier molecular flexibility index (Phi) is 6.49. The molecule has 0 aliphatic rings. The molecule has 0 heterocycles. The lowest BCUT2D eigenvalue weighted by Crippen LogP contribution is -2.29. The minimum atomic E-state index is -3.40. The van der Waals surface area contributed by atoms with E-state index < -0.39 is 10.0 Å². The Morgan fingerprint density at radius 1 is 1.00 bits per heavy atom. The predicted molar refractivity (Wildman–Crippen MR) is 103 cm³/mol. The summed E-state index contributed by atoms with van der Waals surface area (Å²) in [6, 6.07) is 14.6. The Morgan fingerprint density at radius 3 is 2.16 bits per heavy atom. The number of sulfonamides is 1. The molecule has 4 nitrogen and oxygen atoms in total. The fourth-order valence-corrected chi connectivity index (χ4v) is 3.52. The molecule has 2 aromatic rings. The van der Waals surface area contributed by atoms with E-state index in [-0.39, 0.29) is 24.3 Å². The maximum Gasteiger partial charge on any atom is 0.215 e. The van der Waals surface area contributed by atoms with Crippen LogP contribution in [0.2, 0.25) is 5.02 Å². The first-order valence-corrected chi connectivity index (χ1v) is 10.1. The Bertz CT molecular complexity index is 779. The second-order valence-corrected chi connectivity index (χ2v) is 9.15. The van der Waals surface area contributed by atoms with Crippen LogP contribution in [0.4, 0.5) is 0 Å². The molecule has 0 radical (unpaired) electrons. The van der Waals surface area contributed by atoms with Crippen molar-refractivity contribution in [3.63, 3.8) is 0 Å². The van der Waals surface area contributed by atoms with Gasteiger partial charge in [-0.05, 0) is 40.8 Å². The summed E-state index contributed by atoms with van der Waals surface area (Å²) in [5.74, 6) is 0.648. The minimum Gasteiger partial charge on any atom is -0.492 e. The van der Waals surface area contributed by atoms with Crippen molar-refractivity contribution in [2.45, 2.75) is 31.9 Å². The molecule has 0 saturated heterocycles. The van der Waals surface area contributed by atoms with Crippen molar-refractivity contribution in [2.75, 3.05) is 13.2 Å². The maximum absolute atomic E-state index is 12.1. The van der Waals surface area contributed by atoms with E-state index in [9.17, 15) is 8.42 Å². The lowest BCUT2D eigenvalue weighted by molar-refractivity contribution is 0.322. The van der Waals surface area contributed by atoms with Gasteiger partial charge in [0.05, 0.1) is 5.75 Å². The largest absolute Gasteiger partial charge is 0.492 e. The Balaban J connectivity index is 1.79. The Labute approximate surface area is 155 Å². The summed E-state index contributed by atoms with van der Waals surface area (Å²) in [4.78, 5) is 0. The summed E-state index contributed by atoms with van der Waals surface area (Å²) in [6.45, 7) is 6.95. The van der Waals surface area contributed by atoms with E-state index in [4.69, 9.17) is 16.3 Å². The van der Waals surface area contributed by atoms with Gasteiger partial charge in [-0.1, -0.05) is 56.6 Å². The van der Waals surface area contributed by atoms with Crippen LogP contribution in [0.5, 0.6) is 5.75 Å². The third-order valence-corrected chi connectivity index (χ3v) is 5.29. The number of hydrogen-bond acceptors (Lipinski definition) is 3. The third-order valence-electron chi connectivity index (χ3n) is 3.68. The summed E-state index contributed by atoms with van der Waals surface area (Å²) in [5, 5.41) is 0.583. The average Bonchev–Trinajstić information content (AvgIpc) is 2.53. The Morgan fingerprint density at radius 2 is 1.60 bits per heavy atom. The van der Waals surface area contributed by atoms with Crippen molar-refractivity contribution in [3.8, 4) is 5.75 Å². The van der Waals surface area contributed by atoms with Gasteiger partial charge in [-0.2, -0.15) is 0 Å². The van der Waals surface area contributed by atoms with Gasteiger partial charge in [0, 0.05) is 11.6 Å². The van der Waals surface area contributed by atoms with Crippen molar-refractivity contribution >= 4 is 21.6 Å². The van der Waals surface area contributed by atoms with Crippen molar-refractivity contribution in [2.24, 2.45) is 0 Å². The first-order valence-electron chi connectivity index (χ1n) is 8.11. The van der Waals surface area contributed by atoms with Gasteiger partial charge in [0.1, 0.15) is 12.4 Å². The highest BCUT2D eigenvalue weighted by Gasteiger charge is 2.13. The molecule has 0 aromatic heterocycles. The highest BCUT2D eigenvalue weighted by atomic mass is 35.5. The molecule has 25 heavy (non-hydrogen) atoms. The molecule has 0 amide bonds. The van der Waals surface area contributed by atoms with Gasteiger partial charge in [-0.15, -0.1) is 0 Å². The molecule has 0 aliphatic carbocycles. The minimum absolute atomic E-state index is 0.0789. The summed E-state index contributed by atoms with van der Waals surface area (Å²) in [5.41, 5.74) is 2.01. The topological polar surface area (TPSA) is 55.4 Å².